The average Bonchev–Trinajstić information content (AvgIpc) is 2.92. The third kappa shape index (κ3) is 4.80. The van der Waals surface area contributed by atoms with Gasteiger partial charge in [0.25, 0.3) is 5.91 Å². The highest BCUT2D eigenvalue weighted by Crippen LogP contribution is 2.33. The minimum absolute atomic E-state index is 0.0577. The number of hydrogen-bond donors (Lipinski definition) is 0. The Balaban J connectivity index is 1.36. The van der Waals surface area contributed by atoms with E-state index in [1.807, 2.05) is 54.4 Å². The maximum Gasteiger partial charge on any atom is 0.275 e. The van der Waals surface area contributed by atoms with Gasteiger partial charge in [-0.1, -0.05) is 35.9 Å². The van der Waals surface area contributed by atoms with E-state index in [1.54, 1.807) is 7.11 Å². The zero-order valence-electron chi connectivity index (χ0n) is 21.2. The number of rotatable bonds is 5. The SMILES string of the molecule is COc1ccc(Cl)cc1N1CCN(c2nnc(C(=O)N(C)C3CCN(C)CC3)c3ccccc23)CC1. The zero-order valence-corrected chi connectivity index (χ0v) is 21.9. The third-order valence-electron chi connectivity index (χ3n) is 7.49. The number of halogens is 1. The summed E-state index contributed by atoms with van der Waals surface area (Å²) in [6, 6.07) is 13.9. The van der Waals surface area contributed by atoms with E-state index < -0.39 is 0 Å². The van der Waals surface area contributed by atoms with Gasteiger partial charge in [-0.15, -0.1) is 10.2 Å². The number of nitrogens with zero attached hydrogens (tertiary/aromatic N) is 6. The molecule has 1 amide bonds. The molecule has 0 N–H and O–H groups in total. The second-order valence-electron chi connectivity index (χ2n) is 9.66. The molecule has 2 aliphatic heterocycles. The molecule has 5 rings (SSSR count). The number of carbonyl (C=O) groups excluding carboxylic acids is 1. The van der Waals surface area contributed by atoms with E-state index in [0.29, 0.717) is 10.7 Å². The molecule has 0 aliphatic carbocycles. The van der Waals surface area contributed by atoms with Gasteiger partial charge < -0.3 is 24.3 Å². The number of hydrogen-bond acceptors (Lipinski definition) is 7. The van der Waals surface area contributed by atoms with Gasteiger partial charge in [-0.3, -0.25) is 4.79 Å². The molecule has 2 saturated heterocycles. The van der Waals surface area contributed by atoms with Crippen molar-refractivity contribution < 1.29 is 9.53 Å². The molecule has 1 aromatic heterocycles. The lowest BCUT2D eigenvalue weighted by Crippen LogP contribution is -2.47. The van der Waals surface area contributed by atoms with Gasteiger partial charge in [-0.05, 0) is 51.2 Å². The first-order valence-corrected chi connectivity index (χ1v) is 12.9. The van der Waals surface area contributed by atoms with Crippen LogP contribution in [0.25, 0.3) is 10.8 Å². The molecule has 0 bridgehead atoms. The van der Waals surface area contributed by atoms with Gasteiger partial charge in [0.1, 0.15) is 5.75 Å². The van der Waals surface area contributed by atoms with Gasteiger partial charge in [0.05, 0.1) is 12.8 Å². The fourth-order valence-electron chi connectivity index (χ4n) is 5.27. The number of ether oxygens (including phenoxy) is 1. The highest BCUT2D eigenvalue weighted by atomic mass is 35.5. The number of aromatic nitrogens is 2. The first-order valence-electron chi connectivity index (χ1n) is 12.5. The Morgan fingerprint density at radius 3 is 2.33 bits per heavy atom. The van der Waals surface area contributed by atoms with Crippen molar-refractivity contribution in [1.82, 2.24) is 20.0 Å². The fourth-order valence-corrected chi connectivity index (χ4v) is 5.43. The molecule has 0 spiro atoms. The molecule has 9 heteroatoms. The third-order valence-corrected chi connectivity index (χ3v) is 7.72. The van der Waals surface area contributed by atoms with Crippen molar-refractivity contribution in [3.05, 3.63) is 53.2 Å². The van der Waals surface area contributed by atoms with Crippen LogP contribution >= 0.6 is 11.6 Å². The molecule has 3 heterocycles. The van der Waals surface area contributed by atoms with Crippen molar-refractivity contribution >= 4 is 39.8 Å². The maximum absolute atomic E-state index is 13.5. The number of amides is 1. The largest absolute Gasteiger partial charge is 0.495 e. The first kappa shape index (κ1) is 24.6. The zero-order chi connectivity index (χ0) is 25.2. The van der Waals surface area contributed by atoms with Gasteiger partial charge in [0.15, 0.2) is 11.5 Å². The molecule has 8 nitrogen and oxygen atoms in total. The van der Waals surface area contributed by atoms with E-state index in [1.165, 1.54) is 0 Å². The summed E-state index contributed by atoms with van der Waals surface area (Å²) in [5, 5.41) is 11.6. The topological polar surface area (TPSA) is 65.0 Å². The number of carbonyl (C=O) groups is 1. The molecular weight excluding hydrogens is 476 g/mol. The van der Waals surface area contributed by atoms with E-state index in [0.717, 1.165) is 80.1 Å². The number of piperazine rings is 1. The number of anilines is 2. The quantitative estimate of drug-likeness (QED) is 0.519. The average molecular weight is 509 g/mol. The highest BCUT2D eigenvalue weighted by molar-refractivity contribution is 6.31. The van der Waals surface area contributed by atoms with E-state index >= 15 is 0 Å². The van der Waals surface area contributed by atoms with E-state index in [2.05, 4.69) is 31.9 Å². The highest BCUT2D eigenvalue weighted by Gasteiger charge is 2.28. The number of likely N-dealkylation sites (tertiary alicyclic amines) is 1. The molecule has 2 fully saturated rings. The van der Waals surface area contributed by atoms with Crippen molar-refractivity contribution in [3.63, 3.8) is 0 Å². The monoisotopic (exact) mass is 508 g/mol. The summed E-state index contributed by atoms with van der Waals surface area (Å²) < 4.78 is 5.55. The van der Waals surface area contributed by atoms with E-state index in [-0.39, 0.29) is 11.9 Å². The number of piperidine rings is 1. The number of benzene rings is 2. The van der Waals surface area contributed by atoms with Crippen LogP contribution in [0.4, 0.5) is 11.5 Å². The van der Waals surface area contributed by atoms with Crippen LogP contribution in [0.5, 0.6) is 5.75 Å². The summed E-state index contributed by atoms with van der Waals surface area (Å²) in [7, 11) is 5.70. The van der Waals surface area contributed by atoms with Crippen LogP contribution in [-0.2, 0) is 0 Å². The van der Waals surface area contributed by atoms with Gasteiger partial charge in [-0.25, -0.2) is 0 Å². The second kappa shape index (κ2) is 10.5. The number of methoxy groups -OCH3 is 1. The Morgan fingerprint density at radius 1 is 0.972 bits per heavy atom. The molecule has 2 aromatic carbocycles. The lowest BCUT2D eigenvalue weighted by molar-refractivity contribution is 0.0655. The molecule has 2 aliphatic rings. The summed E-state index contributed by atoms with van der Waals surface area (Å²) in [4.78, 5) is 22.2. The van der Waals surface area contributed by atoms with Gasteiger partial charge in [0, 0.05) is 55.1 Å². The molecule has 0 atom stereocenters. The van der Waals surface area contributed by atoms with Crippen LogP contribution in [-0.4, -0.2) is 92.4 Å². The van der Waals surface area contributed by atoms with E-state index in [9.17, 15) is 4.79 Å². The maximum atomic E-state index is 13.5. The molecule has 0 saturated carbocycles. The predicted octanol–water partition coefficient (Wildman–Crippen LogP) is 3.78. The van der Waals surface area contributed by atoms with Crippen molar-refractivity contribution in [2.45, 2.75) is 18.9 Å². The van der Waals surface area contributed by atoms with Gasteiger partial charge >= 0.3 is 0 Å². The van der Waals surface area contributed by atoms with Crippen molar-refractivity contribution in [1.29, 1.82) is 0 Å². The first-order chi connectivity index (χ1) is 17.5. The molecule has 0 radical (unpaired) electrons. The van der Waals surface area contributed by atoms with Crippen LogP contribution in [0.3, 0.4) is 0 Å². The van der Waals surface area contributed by atoms with E-state index in [4.69, 9.17) is 16.3 Å². The summed E-state index contributed by atoms with van der Waals surface area (Å²) in [6.07, 6.45) is 1.95. The summed E-state index contributed by atoms with van der Waals surface area (Å²) in [6.45, 7) is 5.15. The normalized spacial score (nSPS) is 17.4. The summed E-state index contributed by atoms with van der Waals surface area (Å²) in [5.74, 6) is 1.58. The smallest absolute Gasteiger partial charge is 0.275 e. The Labute approximate surface area is 217 Å². The lowest BCUT2D eigenvalue weighted by atomic mass is 10.0. The molecular formula is C27H33ClN6O2. The van der Waals surface area contributed by atoms with Crippen LogP contribution in [0.1, 0.15) is 23.3 Å². The van der Waals surface area contributed by atoms with Gasteiger partial charge in [0.2, 0.25) is 0 Å². The minimum Gasteiger partial charge on any atom is -0.495 e. The molecule has 0 unspecified atom stereocenters. The van der Waals surface area contributed by atoms with Crippen LogP contribution in [0.2, 0.25) is 5.02 Å². The fraction of sp³-hybridized carbons (Fsp3) is 0.444. The molecule has 190 valence electrons. The standard InChI is InChI=1S/C27H33ClN6O2/c1-31-12-10-20(11-13-31)32(2)27(35)25-21-6-4-5-7-22(21)26(30-29-25)34-16-14-33(15-17-34)23-18-19(28)8-9-24(23)36-3/h4-9,18,20H,10-17H2,1-3H3. The minimum atomic E-state index is -0.0577. The van der Waals surface area contributed by atoms with Crippen molar-refractivity contribution in [2.24, 2.45) is 0 Å². The van der Waals surface area contributed by atoms with Crippen LogP contribution in [0.15, 0.2) is 42.5 Å². The summed E-state index contributed by atoms with van der Waals surface area (Å²) >= 11 is 6.26. The van der Waals surface area contributed by atoms with Crippen molar-refractivity contribution in [2.75, 3.05) is 70.3 Å². The van der Waals surface area contributed by atoms with Crippen LogP contribution in [0, 0.1) is 0 Å². The summed E-state index contributed by atoms with van der Waals surface area (Å²) in [5.41, 5.74) is 1.43. The lowest BCUT2D eigenvalue weighted by Gasteiger charge is -2.37. The Bertz CT molecular complexity index is 1240. The Kier molecular flexibility index (Phi) is 7.16. The Hall–Kier alpha value is -3.10. The second-order valence-corrected chi connectivity index (χ2v) is 10.1. The van der Waals surface area contributed by atoms with Crippen molar-refractivity contribution in [3.8, 4) is 5.75 Å². The molecule has 3 aromatic rings. The van der Waals surface area contributed by atoms with Gasteiger partial charge in [-0.2, -0.15) is 0 Å². The molecule has 36 heavy (non-hydrogen) atoms. The predicted molar refractivity (Wildman–Crippen MR) is 145 cm³/mol. The Morgan fingerprint density at radius 2 is 1.64 bits per heavy atom. The number of fused-ring (bicyclic) bond motifs is 1. The van der Waals surface area contributed by atoms with Crippen LogP contribution < -0.4 is 14.5 Å².